The lowest BCUT2D eigenvalue weighted by molar-refractivity contribution is -0.180. The molecule has 23 heavy (non-hydrogen) atoms. The van der Waals surface area contributed by atoms with E-state index in [0.717, 1.165) is 7.11 Å². The molecule has 1 aromatic carbocycles. The topological polar surface area (TPSA) is 112 Å². The van der Waals surface area contributed by atoms with Crippen LogP contribution in [0.2, 0.25) is 0 Å². The van der Waals surface area contributed by atoms with Crippen molar-refractivity contribution in [3.63, 3.8) is 0 Å². The Kier molecular flexibility index (Phi) is 3.53. The van der Waals surface area contributed by atoms with Gasteiger partial charge in [0.05, 0.1) is 24.7 Å². The van der Waals surface area contributed by atoms with Gasteiger partial charge in [-0.15, -0.1) is 0 Å². The van der Waals surface area contributed by atoms with Crippen LogP contribution >= 0.6 is 0 Å². The average molecular weight is 318 g/mol. The van der Waals surface area contributed by atoms with E-state index in [1.165, 1.54) is 12.1 Å². The van der Waals surface area contributed by atoms with Crippen LogP contribution in [0.1, 0.15) is 27.1 Å². The average Bonchev–Trinajstić information content (AvgIpc) is 3.15. The Morgan fingerprint density at radius 1 is 1.22 bits per heavy atom. The maximum absolute atomic E-state index is 12.1. The van der Waals surface area contributed by atoms with Crippen LogP contribution in [0.15, 0.2) is 29.4 Å². The van der Waals surface area contributed by atoms with Gasteiger partial charge in [-0.3, -0.25) is 9.59 Å². The zero-order valence-electron chi connectivity index (χ0n) is 11.8. The fourth-order valence-corrected chi connectivity index (χ4v) is 2.14. The van der Waals surface area contributed by atoms with Crippen molar-refractivity contribution in [3.05, 3.63) is 35.4 Å². The number of imide groups is 1. The van der Waals surface area contributed by atoms with Gasteiger partial charge < -0.3 is 14.4 Å². The molecule has 1 unspecified atom stereocenters. The van der Waals surface area contributed by atoms with Crippen molar-refractivity contribution in [2.24, 2.45) is 5.16 Å². The fraction of sp³-hybridized carbons (Fsp3) is 0.214. The minimum atomic E-state index is -1.23. The normalized spacial score (nSPS) is 19.1. The van der Waals surface area contributed by atoms with Gasteiger partial charge in [0.1, 0.15) is 0 Å². The third kappa shape index (κ3) is 2.41. The molecule has 0 fully saturated rings. The minimum Gasteiger partial charge on any atom is -0.464 e. The lowest BCUT2D eigenvalue weighted by Gasteiger charge is -2.14. The smallest absolute Gasteiger partial charge is 0.376 e. The molecule has 2 heterocycles. The lowest BCUT2D eigenvalue weighted by atomic mass is 10.1. The van der Waals surface area contributed by atoms with Crippen LogP contribution in [0.5, 0.6) is 0 Å². The summed E-state index contributed by atoms with van der Waals surface area (Å²) < 4.78 is 4.45. The number of benzene rings is 1. The zero-order valence-corrected chi connectivity index (χ0v) is 11.8. The highest BCUT2D eigenvalue weighted by Crippen LogP contribution is 2.24. The third-order valence-corrected chi connectivity index (χ3v) is 3.29. The second-order valence-electron chi connectivity index (χ2n) is 4.69. The Labute approximate surface area is 129 Å². The second-order valence-corrected chi connectivity index (χ2v) is 4.69. The first-order valence-corrected chi connectivity index (χ1v) is 6.53. The van der Waals surface area contributed by atoms with Gasteiger partial charge in [-0.1, -0.05) is 22.4 Å². The monoisotopic (exact) mass is 318 g/mol. The lowest BCUT2D eigenvalue weighted by Crippen LogP contribution is -2.37. The van der Waals surface area contributed by atoms with Crippen LogP contribution in [0.25, 0.3) is 0 Å². The van der Waals surface area contributed by atoms with Crippen LogP contribution in [-0.2, 0) is 24.0 Å². The minimum absolute atomic E-state index is 0.0863. The van der Waals surface area contributed by atoms with Crippen molar-refractivity contribution in [1.82, 2.24) is 5.06 Å². The van der Waals surface area contributed by atoms with Gasteiger partial charge in [0.25, 0.3) is 11.8 Å². The molecule has 1 atom stereocenters. The first kappa shape index (κ1) is 14.7. The molecule has 0 aliphatic carbocycles. The van der Waals surface area contributed by atoms with Crippen LogP contribution < -0.4 is 0 Å². The Morgan fingerprint density at radius 3 is 2.39 bits per heavy atom. The zero-order chi connectivity index (χ0) is 16.6. The number of fused-ring (bicyclic) bond motifs is 1. The van der Waals surface area contributed by atoms with Crippen molar-refractivity contribution in [3.8, 4) is 0 Å². The Hall–Kier alpha value is -3.23. The number of methoxy groups -OCH3 is 1. The molecular weight excluding hydrogens is 308 g/mol. The maximum Gasteiger partial charge on any atom is 0.376 e. The van der Waals surface area contributed by atoms with Crippen molar-refractivity contribution in [1.29, 1.82) is 0 Å². The van der Waals surface area contributed by atoms with E-state index >= 15 is 0 Å². The molecule has 0 bridgehead atoms. The summed E-state index contributed by atoms with van der Waals surface area (Å²) in [6, 6.07) is 6.08. The number of carbonyl (C=O) groups excluding carboxylic acids is 4. The number of rotatable bonds is 3. The largest absolute Gasteiger partial charge is 0.464 e. The summed E-state index contributed by atoms with van der Waals surface area (Å²) in [5.74, 6) is -3.24. The molecule has 0 radical (unpaired) electrons. The van der Waals surface area contributed by atoms with E-state index in [1.807, 2.05) is 0 Å². The number of oxime groups is 1. The molecule has 0 aromatic heterocycles. The van der Waals surface area contributed by atoms with Crippen LogP contribution in [0.4, 0.5) is 0 Å². The first-order valence-electron chi connectivity index (χ1n) is 6.53. The Morgan fingerprint density at radius 2 is 1.83 bits per heavy atom. The summed E-state index contributed by atoms with van der Waals surface area (Å²) in [5.41, 5.74) is 0.199. The van der Waals surface area contributed by atoms with Gasteiger partial charge >= 0.3 is 11.9 Å². The van der Waals surface area contributed by atoms with E-state index in [1.54, 1.807) is 12.1 Å². The van der Waals surface area contributed by atoms with Crippen molar-refractivity contribution >= 4 is 29.5 Å². The van der Waals surface area contributed by atoms with Crippen LogP contribution in [0, 0.1) is 0 Å². The van der Waals surface area contributed by atoms with E-state index in [0.29, 0.717) is 5.06 Å². The number of amides is 2. The van der Waals surface area contributed by atoms with Crippen molar-refractivity contribution in [2.75, 3.05) is 7.11 Å². The van der Waals surface area contributed by atoms with Crippen LogP contribution in [-0.4, -0.2) is 47.7 Å². The molecule has 0 saturated carbocycles. The number of carbonyl (C=O) groups is 4. The Balaban J connectivity index is 1.68. The summed E-state index contributed by atoms with van der Waals surface area (Å²) in [5, 5.41) is 3.78. The molecule has 118 valence electrons. The van der Waals surface area contributed by atoms with E-state index in [4.69, 9.17) is 9.68 Å². The standard InChI is InChI=1S/C14H10N2O7/c1-21-13(19)9-6-10(22-15-9)14(20)23-16-11(17)7-4-2-3-5-8(7)12(16)18/h2-5,10H,6H2,1H3. The molecule has 2 aliphatic rings. The molecule has 0 N–H and O–H groups in total. The summed E-state index contributed by atoms with van der Waals surface area (Å²) in [6.45, 7) is 0. The predicted octanol–water partition coefficient (Wildman–Crippen LogP) is 0.0587. The van der Waals surface area contributed by atoms with Crippen molar-refractivity contribution in [2.45, 2.75) is 12.5 Å². The number of nitrogens with zero attached hydrogens (tertiary/aromatic N) is 2. The molecule has 0 spiro atoms. The number of esters is 1. The molecule has 9 heteroatoms. The number of ether oxygens (including phenoxy) is 1. The highest BCUT2D eigenvalue weighted by Gasteiger charge is 2.42. The molecule has 1 aromatic rings. The molecule has 9 nitrogen and oxygen atoms in total. The molecule has 3 rings (SSSR count). The number of hydrogen-bond donors (Lipinski definition) is 0. The van der Waals surface area contributed by atoms with E-state index in [-0.39, 0.29) is 23.3 Å². The molecule has 2 amide bonds. The summed E-state index contributed by atoms with van der Waals surface area (Å²) >= 11 is 0. The first-order chi connectivity index (χ1) is 11.0. The fourth-order valence-electron chi connectivity index (χ4n) is 2.14. The predicted molar refractivity (Wildman–Crippen MR) is 72.0 cm³/mol. The molecular formula is C14H10N2O7. The van der Waals surface area contributed by atoms with Crippen LogP contribution in [0.3, 0.4) is 0 Å². The Bertz CT molecular complexity index is 720. The van der Waals surface area contributed by atoms with Gasteiger partial charge in [-0.05, 0) is 12.1 Å². The SMILES string of the molecule is COC(=O)C1=NOC(C(=O)ON2C(=O)c3ccccc3C2=O)C1. The van der Waals surface area contributed by atoms with E-state index in [2.05, 4.69) is 9.89 Å². The van der Waals surface area contributed by atoms with Crippen molar-refractivity contribution < 1.29 is 33.6 Å². The van der Waals surface area contributed by atoms with E-state index < -0.39 is 29.9 Å². The highest BCUT2D eigenvalue weighted by atomic mass is 16.7. The van der Waals surface area contributed by atoms with Gasteiger partial charge in [0.15, 0.2) is 5.71 Å². The second kappa shape index (κ2) is 5.52. The van der Waals surface area contributed by atoms with Gasteiger partial charge in [0.2, 0.25) is 6.10 Å². The number of hydrogen-bond acceptors (Lipinski definition) is 8. The summed E-state index contributed by atoms with van der Waals surface area (Å²) in [7, 11) is 1.16. The maximum atomic E-state index is 12.1. The quantitative estimate of drug-likeness (QED) is 0.572. The van der Waals surface area contributed by atoms with E-state index in [9.17, 15) is 19.2 Å². The number of hydroxylamine groups is 2. The molecule has 2 aliphatic heterocycles. The summed E-state index contributed by atoms with van der Waals surface area (Å²) in [6.07, 6.45) is -1.40. The summed E-state index contributed by atoms with van der Waals surface area (Å²) in [4.78, 5) is 57.0. The van der Waals surface area contributed by atoms with Gasteiger partial charge in [0, 0.05) is 0 Å². The van der Waals surface area contributed by atoms with Gasteiger partial charge in [-0.2, -0.15) is 0 Å². The van der Waals surface area contributed by atoms with Gasteiger partial charge in [-0.25, -0.2) is 9.59 Å². The molecule has 0 saturated heterocycles. The third-order valence-electron chi connectivity index (χ3n) is 3.29. The highest BCUT2D eigenvalue weighted by molar-refractivity contribution is 6.37.